The van der Waals surface area contributed by atoms with Crippen molar-refractivity contribution in [1.29, 1.82) is 0 Å². The Morgan fingerprint density at radius 3 is 2.58 bits per heavy atom. The first-order valence-electron chi connectivity index (χ1n) is 10.8. The van der Waals surface area contributed by atoms with E-state index in [1.807, 2.05) is 31.2 Å². The van der Waals surface area contributed by atoms with Crippen molar-refractivity contribution in [3.05, 3.63) is 59.7 Å². The zero-order valence-electron chi connectivity index (χ0n) is 17.7. The molecule has 0 spiro atoms. The number of carbonyl (C=O) groups excluding carboxylic acids is 2. The van der Waals surface area contributed by atoms with Crippen LogP contribution in [0.15, 0.2) is 48.5 Å². The zero-order chi connectivity index (χ0) is 21.6. The molecule has 2 aliphatic rings. The minimum absolute atomic E-state index is 0.0449. The number of likely N-dealkylation sites (tertiary alicyclic amines) is 1. The molecule has 0 radical (unpaired) electrons. The van der Waals surface area contributed by atoms with E-state index in [2.05, 4.69) is 0 Å². The van der Waals surface area contributed by atoms with Gasteiger partial charge in [0.05, 0.1) is 6.61 Å². The van der Waals surface area contributed by atoms with Crippen LogP contribution >= 0.6 is 0 Å². The summed E-state index contributed by atoms with van der Waals surface area (Å²) in [6.45, 7) is 4.66. The topological polar surface area (TPSA) is 65.1 Å². The number of carbonyl (C=O) groups is 2. The fourth-order valence-corrected chi connectivity index (χ4v) is 3.97. The van der Waals surface area contributed by atoms with Gasteiger partial charge in [0.15, 0.2) is 17.3 Å². The lowest BCUT2D eigenvalue weighted by atomic mass is 9.88. The van der Waals surface area contributed by atoms with E-state index in [1.165, 1.54) is 0 Å². The van der Waals surface area contributed by atoms with Crippen molar-refractivity contribution < 1.29 is 23.8 Å². The maximum Gasteiger partial charge on any atom is 0.246 e. The molecule has 2 heterocycles. The van der Waals surface area contributed by atoms with Gasteiger partial charge in [0, 0.05) is 36.2 Å². The highest BCUT2D eigenvalue weighted by Gasteiger charge is 2.28. The van der Waals surface area contributed by atoms with Gasteiger partial charge in [0.1, 0.15) is 19.0 Å². The molecule has 31 heavy (non-hydrogen) atoms. The number of Topliss-reactive ketones (excluding diaryl/α,β-unsaturated/α-hetero) is 1. The number of nitrogens with zero attached hydrogens (tertiary/aromatic N) is 1. The Morgan fingerprint density at radius 1 is 1.06 bits per heavy atom. The Hall–Kier alpha value is -3.28. The third-order valence-electron chi connectivity index (χ3n) is 5.63. The fourth-order valence-electron chi connectivity index (χ4n) is 3.97. The van der Waals surface area contributed by atoms with E-state index in [4.69, 9.17) is 14.2 Å². The SMILES string of the molecule is CCOc1ccccc1/C=C/C(=O)N1CCC(C(=O)c2ccc3c(c2)OCCO3)CC1. The molecule has 0 aromatic heterocycles. The number of hydrogen-bond acceptors (Lipinski definition) is 5. The van der Waals surface area contributed by atoms with E-state index in [-0.39, 0.29) is 17.6 Å². The predicted octanol–water partition coefficient (Wildman–Crippen LogP) is 3.99. The predicted molar refractivity (Wildman–Crippen MR) is 118 cm³/mol. The highest BCUT2D eigenvalue weighted by Crippen LogP contribution is 2.32. The number of fused-ring (bicyclic) bond motifs is 1. The smallest absolute Gasteiger partial charge is 0.246 e. The number of benzene rings is 2. The fraction of sp³-hybridized carbons (Fsp3) is 0.360. The van der Waals surface area contributed by atoms with Crippen molar-refractivity contribution in [3.8, 4) is 17.2 Å². The maximum absolute atomic E-state index is 12.9. The molecule has 0 bridgehead atoms. The van der Waals surface area contributed by atoms with Gasteiger partial charge < -0.3 is 19.1 Å². The van der Waals surface area contributed by atoms with Crippen LogP contribution in [-0.2, 0) is 4.79 Å². The van der Waals surface area contributed by atoms with Crippen molar-refractivity contribution >= 4 is 17.8 Å². The molecule has 1 saturated heterocycles. The molecule has 162 valence electrons. The van der Waals surface area contributed by atoms with E-state index < -0.39 is 0 Å². The van der Waals surface area contributed by atoms with Crippen LogP contribution in [0.2, 0.25) is 0 Å². The summed E-state index contributed by atoms with van der Waals surface area (Å²) < 4.78 is 16.7. The van der Waals surface area contributed by atoms with Crippen molar-refractivity contribution in [2.45, 2.75) is 19.8 Å². The van der Waals surface area contributed by atoms with E-state index >= 15 is 0 Å². The molecule has 6 nitrogen and oxygen atoms in total. The van der Waals surface area contributed by atoms with Gasteiger partial charge in [-0.1, -0.05) is 18.2 Å². The molecule has 4 rings (SSSR count). The van der Waals surface area contributed by atoms with Crippen molar-refractivity contribution in [2.24, 2.45) is 5.92 Å². The molecule has 2 aliphatic heterocycles. The number of para-hydroxylation sites is 1. The first kappa shape index (κ1) is 21.0. The van der Waals surface area contributed by atoms with Crippen molar-refractivity contribution in [1.82, 2.24) is 4.90 Å². The summed E-state index contributed by atoms with van der Waals surface area (Å²) in [4.78, 5) is 27.4. The molecule has 2 aromatic rings. The number of piperidine rings is 1. The molecule has 0 unspecified atom stereocenters. The van der Waals surface area contributed by atoms with E-state index in [1.54, 1.807) is 35.3 Å². The van der Waals surface area contributed by atoms with Gasteiger partial charge in [-0.2, -0.15) is 0 Å². The molecule has 0 aliphatic carbocycles. The monoisotopic (exact) mass is 421 g/mol. The van der Waals surface area contributed by atoms with Crippen molar-refractivity contribution in [2.75, 3.05) is 32.9 Å². The lowest BCUT2D eigenvalue weighted by Crippen LogP contribution is -2.39. The summed E-state index contributed by atoms with van der Waals surface area (Å²) in [5.74, 6) is 2.04. The van der Waals surface area contributed by atoms with Gasteiger partial charge in [0.25, 0.3) is 0 Å². The zero-order valence-corrected chi connectivity index (χ0v) is 17.7. The van der Waals surface area contributed by atoms with Gasteiger partial charge in [-0.15, -0.1) is 0 Å². The second-order valence-electron chi connectivity index (χ2n) is 7.63. The molecule has 6 heteroatoms. The average molecular weight is 421 g/mol. The van der Waals surface area contributed by atoms with Crippen LogP contribution in [-0.4, -0.2) is 49.5 Å². The number of ether oxygens (including phenoxy) is 3. The van der Waals surface area contributed by atoms with Gasteiger partial charge in [-0.3, -0.25) is 9.59 Å². The molecule has 1 fully saturated rings. The van der Waals surface area contributed by atoms with E-state index in [0.717, 1.165) is 11.3 Å². The third-order valence-corrected chi connectivity index (χ3v) is 5.63. The number of hydrogen-bond donors (Lipinski definition) is 0. The largest absolute Gasteiger partial charge is 0.493 e. The molecular weight excluding hydrogens is 394 g/mol. The van der Waals surface area contributed by atoms with Gasteiger partial charge in [-0.25, -0.2) is 0 Å². The van der Waals surface area contributed by atoms with Crippen molar-refractivity contribution in [3.63, 3.8) is 0 Å². The molecule has 0 atom stereocenters. The van der Waals surface area contributed by atoms with Crippen LogP contribution < -0.4 is 14.2 Å². The summed E-state index contributed by atoms with van der Waals surface area (Å²) in [5.41, 5.74) is 1.52. The summed E-state index contributed by atoms with van der Waals surface area (Å²) in [6.07, 6.45) is 4.69. The Bertz CT molecular complexity index is 976. The minimum Gasteiger partial charge on any atom is -0.493 e. The number of rotatable bonds is 6. The molecule has 2 aromatic carbocycles. The molecule has 0 saturated carbocycles. The first-order chi connectivity index (χ1) is 15.2. The maximum atomic E-state index is 12.9. The summed E-state index contributed by atoms with van der Waals surface area (Å²) in [5, 5.41) is 0. The van der Waals surface area contributed by atoms with E-state index in [9.17, 15) is 9.59 Å². The van der Waals surface area contributed by atoms with Crippen LogP contribution in [0, 0.1) is 5.92 Å². The highest BCUT2D eigenvalue weighted by molar-refractivity contribution is 5.99. The number of ketones is 1. The summed E-state index contributed by atoms with van der Waals surface area (Å²) in [6, 6.07) is 13.0. The normalized spacial score (nSPS) is 16.4. The van der Waals surface area contributed by atoms with Gasteiger partial charge in [-0.05, 0) is 50.1 Å². The quantitative estimate of drug-likeness (QED) is 0.521. The van der Waals surface area contributed by atoms with E-state index in [0.29, 0.717) is 62.8 Å². The molecule has 1 amide bonds. The summed E-state index contributed by atoms with van der Waals surface area (Å²) in [7, 11) is 0. The second-order valence-corrected chi connectivity index (χ2v) is 7.63. The average Bonchev–Trinajstić information content (AvgIpc) is 2.83. The lowest BCUT2D eigenvalue weighted by molar-refractivity contribution is -0.127. The lowest BCUT2D eigenvalue weighted by Gasteiger charge is -2.30. The Labute approximate surface area is 182 Å². The molecular formula is C25H27NO5. The Morgan fingerprint density at radius 2 is 1.81 bits per heavy atom. The van der Waals surface area contributed by atoms with Crippen LogP contribution in [0.4, 0.5) is 0 Å². The minimum atomic E-state index is -0.0886. The van der Waals surface area contributed by atoms with Crippen LogP contribution in [0.5, 0.6) is 17.2 Å². The van der Waals surface area contributed by atoms with Crippen LogP contribution in [0.1, 0.15) is 35.7 Å². The van der Waals surface area contributed by atoms with Crippen LogP contribution in [0.3, 0.4) is 0 Å². The molecule has 0 N–H and O–H groups in total. The third kappa shape index (κ3) is 4.90. The Kier molecular flexibility index (Phi) is 6.55. The van der Waals surface area contributed by atoms with Gasteiger partial charge >= 0.3 is 0 Å². The second kappa shape index (κ2) is 9.69. The standard InChI is InChI=1S/C25H27NO5/c1-2-29-21-6-4-3-5-18(21)8-10-24(27)26-13-11-19(12-14-26)25(28)20-7-9-22-23(17-20)31-16-15-30-22/h3-10,17,19H,2,11-16H2,1H3/b10-8+. The van der Waals surface area contributed by atoms with Crippen LogP contribution in [0.25, 0.3) is 6.08 Å². The summed E-state index contributed by atoms with van der Waals surface area (Å²) >= 11 is 0. The first-order valence-corrected chi connectivity index (χ1v) is 10.8. The number of amides is 1. The highest BCUT2D eigenvalue weighted by atomic mass is 16.6. The Balaban J connectivity index is 1.34. The van der Waals surface area contributed by atoms with Gasteiger partial charge in [0.2, 0.25) is 5.91 Å².